The summed E-state index contributed by atoms with van der Waals surface area (Å²) in [6, 6.07) is 26.8. The van der Waals surface area contributed by atoms with Crippen LogP contribution < -0.4 is 5.32 Å². The fourth-order valence-electron chi connectivity index (χ4n) is 6.20. The molecule has 1 saturated carbocycles. The maximum absolute atomic E-state index is 12.9. The number of benzene rings is 3. The maximum Gasteiger partial charge on any atom is 0.410 e. The van der Waals surface area contributed by atoms with E-state index in [1.807, 2.05) is 66.7 Å². The number of carbonyl (C=O) groups is 2. The molecule has 244 valence electrons. The molecule has 10 nitrogen and oxygen atoms in total. The molecule has 1 aliphatic carbocycles. The summed E-state index contributed by atoms with van der Waals surface area (Å²) in [4.78, 5) is 39.3. The molecule has 0 bridgehead atoms. The number of likely N-dealkylation sites (tertiary alicyclic amines) is 1. The van der Waals surface area contributed by atoms with E-state index in [0.717, 1.165) is 57.3 Å². The Morgan fingerprint density at radius 3 is 2.15 bits per heavy atom. The van der Waals surface area contributed by atoms with E-state index in [9.17, 15) is 24.8 Å². The lowest BCUT2D eigenvalue weighted by Crippen LogP contribution is -2.48. The number of carbonyl (C=O) groups excluding carboxylic acids is 1. The average molecular weight is 629 g/mol. The van der Waals surface area contributed by atoms with Crippen LogP contribution in [0.5, 0.6) is 0 Å². The predicted molar refractivity (Wildman–Crippen MR) is 177 cm³/mol. The van der Waals surface area contributed by atoms with Crippen LogP contribution in [0, 0.1) is 16.0 Å². The van der Waals surface area contributed by atoms with Crippen molar-refractivity contribution in [2.45, 2.75) is 56.8 Å². The number of nitro benzene ring substituents is 1. The third kappa shape index (κ3) is 10.5. The topological polar surface area (TPSA) is 125 Å². The molecule has 1 aliphatic heterocycles. The number of rotatable bonds is 12. The zero-order chi connectivity index (χ0) is 32.7. The van der Waals surface area contributed by atoms with Crippen molar-refractivity contribution in [3.63, 3.8) is 0 Å². The molecule has 2 unspecified atom stereocenters. The monoisotopic (exact) mass is 628 g/mol. The number of hydrogen-bond donors (Lipinski definition) is 2. The van der Waals surface area contributed by atoms with Crippen molar-refractivity contribution in [3.8, 4) is 0 Å². The Kier molecular flexibility index (Phi) is 13.3. The van der Waals surface area contributed by atoms with Crippen molar-refractivity contribution in [2.24, 2.45) is 5.92 Å². The fourth-order valence-corrected chi connectivity index (χ4v) is 6.20. The van der Waals surface area contributed by atoms with Gasteiger partial charge < -0.3 is 19.6 Å². The number of nitro groups is 1. The van der Waals surface area contributed by atoms with Crippen molar-refractivity contribution in [3.05, 3.63) is 125 Å². The molecule has 46 heavy (non-hydrogen) atoms. The lowest BCUT2D eigenvalue weighted by Gasteiger charge is -2.38. The first-order valence-corrected chi connectivity index (χ1v) is 15.9. The highest BCUT2D eigenvalue weighted by Crippen LogP contribution is 2.30. The number of amides is 1. The van der Waals surface area contributed by atoms with Crippen LogP contribution in [0.2, 0.25) is 0 Å². The number of carboxylic acids is 1. The van der Waals surface area contributed by atoms with Gasteiger partial charge in [-0.2, -0.15) is 0 Å². The number of aliphatic carboxylic acids is 1. The molecule has 0 spiro atoms. The number of carboxylic acid groups (broad SMARTS) is 1. The molecule has 0 aromatic heterocycles. The molecule has 10 heteroatoms. The van der Waals surface area contributed by atoms with Gasteiger partial charge in [0.25, 0.3) is 5.69 Å². The molecule has 1 saturated heterocycles. The Morgan fingerprint density at radius 2 is 1.59 bits per heavy atom. The first kappa shape index (κ1) is 34.3. The fraction of sp³-hybridized carbons (Fsp3) is 0.389. The van der Waals surface area contributed by atoms with E-state index < -0.39 is 23.0 Å². The molecule has 1 heterocycles. The number of piperidine rings is 1. The molecule has 1 amide bonds. The molecule has 3 aromatic rings. The van der Waals surface area contributed by atoms with Crippen molar-refractivity contribution >= 4 is 17.7 Å². The minimum absolute atomic E-state index is 0.00357. The summed E-state index contributed by atoms with van der Waals surface area (Å²) in [5.74, 6) is -0.345. The number of ether oxygens (including phenoxy) is 1. The number of non-ortho nitro benzene ring substituents is 1. The minimum atomic E-state index is -0.855. The molecule has 5 rings (SSSR count). The molecule has 2 aliphatic rings. The van der Waals surface area contributed by atoms with Crippen LogP contribution in [-0.2, 0) is 16.1 Å². The zero-order valence-corrected chi connectivity index (χ0v) is 26.2. The molecule has 3 atom stereocenters. The van der Waals surface area contributed by atoms with Crippen LogP contribution in [0.25, 0.3) is 0 Å². The van der Waals surface area contributed by atoms with E-state index in [1.165, 1.54) is 12.1 Å². The third-order valence-corrected chi connectivity index (χ3v) is 8.57. The Hall–Kier alpha value is -4.54. The Bertz CT molecular complexity index is 1350. The Labute approximate surface area is 270 Å². The molecular formula is C36H44N4O6. The quantitative estimate of drug-likeness (QED) is 0.133. The molecular weight excluding hydrogens is 584 g/mol. The summed E-state index contributed by atoms with van der Waals surface area (Å²) in [7, 11) is 0. The normalized spacial score (nSPS) is 18.9. The smallest absolute Gasteiger partial charge is 0.410 e. The number of nitrogens with one attached hydrogen (secondary N) is 1. The summed E-state index contributed by atoms with van der Waals surface area (Å²) in [5.41, 5.74) is 1.46. The molecule has 3 aromatic carbocycles. The van der Waals surface area contributed by atoms with Gasteiger partial charge in [-0.3, -0.25) is 20.2 Å². The van der Waals surface area contributed by atoms with Crippen LogP contribution in [-0.4, -0.2) is 70.2 Å². The van der Waals surface area contributed by atoms with E-state index in [-0.39, 0.29) is 24.4 Å². The van der Waals surface area contributed by atoms with Crippen LogP contribution in [0.15, 0.2) is 104 Å². The van der Waals surface area contributed by atoms with Gasteiger partial charge in [0.1, 0.15) is 12.6 Å². The summed E-state index contributed by atoms with van der Waals surface area (Å²) >= 11 is 0. The largest absolute Gasteiger partial charge is 0.480 e. The molecule has 0 radical (unpaired) electrons. The molecule has 2 fully saturated rings. The summed E-state index contributed by atoms with van der Waals surface area (Å²) in [6.45, 7) is 6.97. The second-order valence-corrected chi connectivity index (χ2v) is 11.8. The zero-order valence-electron chi connectivity index (χ0n) is 26.2. The van der Waals surface area contributed by atoms with Crippen LogP contribution in [0.3, 0.4) is 0 Å². The average Bonchev–Trinajstić information content (AvgIpc) is 3.53. The SMILES string of the molecule is C=CCN(C(=O)OCc1ccc([N+](=O)[O-])cc1)C1CCN(C[C@@H]2CCC(NC(C(=O)O)c3ccccc3)C2)CC1.c1ccccc1. The standard InChI is InChI=1S/C30H38N4O6.C6H6/c1-2-16-33(30(37)40-21-22-9-12-27(13-10-22)34(38)39)26-14-17-32(18-15-26)20-23-8-11-25(19-23)31-28(29(35)36)24-6-4-3-5-7-24;1-2-4-6-5-3-1/h2-7,9-10,12-13,23,25-26,28,31H,1,8,11,14-21H2,(H,35,36);1-6H/t23-,25?,28?;/m1./s1. The van der Waals surface area contributed by atoms with E-state index in [0.29, 0.717) is 18.0 Å². The summed E-state index contributed by atoms with van der Waals surface area (Å²) in [5, 5.41) is 23.9. The summed E-state index contributed by atoms with van der Waals surface area (Å²) < 4.78 is 5.53. The van der Waals surface area contributed by atoms with Gasteiger partial charge in [-0.15, -0.1) is 6.58 Å². The van der Waals surface area contributed by atoms with Crippen molar-refractivity contribution < 1.29 is 24.4 Å². The minimum Gasteiger partial charge on any atom is -0.480 e. The lowest BCUT2D eigenvalue weighted by atomic mass is 10.0. The van der Waals surface area contributed by atoms with Gasteiger partial charge in [-0.1, -0.05) is 72.8 Å². The van der Waals surface area contributed by atoms with Crippen LogP contribution >= 0.6 is 0 Å². The predicted octanol–water partition coefficient (Wildman–Crippen LogP) is 6.45. The van der Waals surface area contributed by atoms with Gasteiger partial charge in [0.15, 0.2) is 0 Å². The van der Waals surface area contributed by atoms with Crippen LogP contribution in [0.4, 0.5) is 10.5 Å². The molecule has 2 N–H and O–H groups in total. The van der Waals surface area contributed by atoms with E-state index in [4.69, 9.17) is 4.74 Å². The third-order valence-electron chi connectivity index (χ3n) is 8.57. The maximum atomic E-state index is 12.9. The van der Waals surface area contributed by atoms with Gasteiger partial charge in [-0.05, 0) is 61.3 Å². The van der Waals surface area contributed by atoms with Gasteiger partial charge in [0, 0.05) is 50.4 Å². The first-order valence-electron chi connectivity index (χ1n) is 15.9. The van der Waals surface area contributed by atoms with Gasteiger partial charge >= 0.3 is 12.1 Å². The number of hydrogen-bond acceptors (Lipinski definition) is 7. The second-order valence-electron chi connectivity index (χ2n) is 11.8. The van der Waals surface area contributed by atoms with Gasteiger partial charge in [-0.25, -0.2) is 4.79 Å². The van der Waals surface area contributed by atoms with Gasteiger partial charge in [0.2, 0.25) is 0 Å². The van der Waals surface area contributed by atoms with Crippen molar-refractivity contribution in [1.29, 1.82) is 0 Å². The Morgan fingerprint density at radius 1 is 0.978 bits per heavy atom. The second kappa shape index (κ2) is 17.8. The highest BCUT2D eigenvalue weighted by atomic mass is 16.6. The van der Waals surface area contributed by atoms with Crippen molar-refractivity contribution in [1.82, 2.24) is 15.1 Å². The van der Waals surface area contributed by atoms with E-state index >= 15 is 0 Å². The van der Waals surface area contributed by atoms with E-state index in [1.54, 1.807) is 23.1 Å². The van der Waals surface area contributed by atoms with Crippen LogP contribution in [0.1, 0.15) is 49.3 Å². The summed E-state index contributed by atoms with van der Waals surface area (Å²) in [6.07, 6.45) is 5.95. The van der Waals surface area contributed by atoms with Crippen molar-refractivity contribution in [2.75, 3.05) is 26.2 Å². The first-order chi connectivity index (χ1) is 22.3. The number of nitrogens with zero attached hydrogens (tertiary/aromatic N) is 3. The highest BCUT2D eigenvalue weighted by molar-refractivity contribution is 5.75. The lowest BCUT2D eigenvalue weighted by molar-refractivity contribution is -0.384. The Balaban J connectivity index is 0.000000717. The van der Waals surface area contributed by atoms with E-state index in [2.05, 4.69) is 16.8 Å². The van der Waals surface area contributed by atoms with Gasteiger partial charge in [0.05, 0.1) is 4.92 Å². The highest BCUT2D eigenvalue weighted by Gasteiger charge is 2.33.